The highest BCUT2D eigenvalue weighted by Gasteiger charge is 2.21. The number of amides is 1. The van der Waals surface area contributed by atoms with Gasteiger partial charge in [-0.2, -0.15) is 0 Å². The number of pyridine rings is 1. The summed E-state index contributed by atoms with van der Waals surface area (Å²) in [5, 5.41) is 12.0. The number of aromatic nitrogens is 2. The van der Waals surface area contributed by atoms with Crippen LogP contribution in [0.25, 0.3) is 5.65 Å². The van der Waals surface area contributed by atoms with Crippen molar-refractivity contribution in [3.8, 4) is 11.5 Å². The molecule has 28 heavy (non-hydrogen) atoms. The average molecular weight is 404 g/mol. The summed E-state index contributed by atoms with van der Waals surface area (Å²) in [4.78, 5) is 28.6. The first kappa shape index (κ1) is 19.5. The number of nitrogens with one attached hydrogen (secondary N) is 1. The summed E-state index contributed by atoms with van der Waals surface area (Å²) in [6, 6.07) is 6.13. The molecule has 2 heterocycles. The summed E-state index contributed by atoms with van der Waals surface area (Å²) in [5.74, 6) is -0.984. The Morgan fingerprint density at radius 3 is 2.71 bits per heavy atom. The smallest absolute Gasteiger partial charge is 0.339 e. The first-order valence-corrected chi connectivity index (χ1v) is 8.77. The van der Waals surface area contributed by atoms with Crippen LogP contribution in [0.3, 0.4) is 0 Å². The molecule has 3 aromatic rings. The van der Waals surface area contributed by atoms with E-state index in [-0.39, 0.29) is 22.0 Å². The van der Waals surface area contributed by atoms with Crippen LogP contribution in [-0.4, -0.2) is 40.1 Å². The maximum absolute atomic E-state index is 12.9. The van der Waals surface area contributed by atoms with Crippen molar-refractivity contribution in [1.82, 2.24) is 9.38 Å². The molecule has 1 amide bonds. The van der Waals surface area contributed by atoms with Crippen LogP contribution in [0.4, 0.5) is 5.69 Å². The summed E-state index contributed by atoms with van der Waals surface area (Å²) in [6.07, 6.45) is 1.71. The number of nitrogens with zero attached hydrogens (tertiary/aromatic N) is 2. The SMILES string of the molecule is CCOc1cccn2c(C(=O)Nc3cc(OC)c(C(=O)O)cc3Cl)c(C)nc12. The quantitative estimate of drug-likeness (QED) is 0.651. The lowest BCUT2D eigenvalue weighted by atomic mass is 10.1. The zero-order valence-electron chi connectivity index (χ0n) is 15.4. The lowest BCUT2D eigenvalue weighted by molar-refractivity contribution is 0.0693. The summed E-state index contributed by atoms with van der Waals surface area (Å²) in [6.45, 7) is 4.05. The molecule has 0 aliphatic carbocycles. The summed E-state index contributed by atoms with van der Waals surface area (Å²) in [7, 11) is 1.34. The number of carboxylic acid groups (broad SMARTS) is 1. The summed E-state index contributed by atoms with van der Waals surface area (Å²) in [5.41, 5.74) is 1.47. The normalized spacial score (nSPS) is 10.7. The van der Waals surface area contributed by atoms with Gasteiger partial charge in [0.05, 0.1) is 30.1 Å². The molecular formula is C19H18ClN3O5. The topological polar surface area (TPSA) is 102 Å². The number of imidazole rings is 1. The van der Waals surface area contributed by atoms with Crippen molar-refractivity contribution in [1.29, 1.82) is 0 Å². The van der Waals surface area contributed by atoms with E-state index >= 15 is 0 Å². The summed E-state index contributed by atoms with van der Waals surface area (Å²) < 4.78 is 12.3. The van der Waals surface area contributed by atoms with E-state index < -0.39 is 11.9 Å². The highest BCUT2D eigenvalue weighted by atomic mass is 35.5. The molecule has 0 radical (unpaired) electrons. The molecule has 2 N–H and O–H groups in total. The second-order valence-corrected chi connectivity index (χ2v) is 6.24. The Hall–Kier alpha value is -3.26. The molecule has 9 heteroatoms. The second-order valence-electron chi connectivity index (χ2n) is 5.84. The fourth-order valence-corrected chi connectivity index (χ4v) is 3.08. The molecule has 0 fully saturated rings. The van der Waals surface area contributed by atoms with Crippen molar-refractivity contribution in [2.24, 2.45) is 0 Å². The Labute approximate surface area is 165 Å². The molecule has 0 spiro atoms. The first-order chi connectivity index (χ1) is 13.4. The summed E-state index contributed by atoms with van der Waals surface area (Å²) >= 11 is 6.16. The molecule has 0 unspecified atom stereocenters. The van der Waals surface area contributed by atoms with Crippen LogP contribution < -0.4 is 14.8 Å². The number of hydrogen-bond donors (Lipinski definition) is 2. The van der Waals surface area contributed by atoms with Crippen LogP contribution in [0.5, 0.6) is 11.5 Å². The lowest BCUT2D eigenvalue weighted by Crippen LogP contribution is -2.16. The highest BCUT2D eigenvalue weighted by molar-refractivity contribution is 6.34. The Bertz CT molecular complexity index is 1080. The third kappa shape index (κ3) is 3.46. The van der Waals surface area contributed by atoms with E-state index in [1.165, 1.54) is 19.2 Å². The standard InChI is InChI=1S/C19H18ClN3O5/c1-4-28-14-6-5-7-23-16(10(2)21-17(14)23)18(24)22-13-9-15(27-3)11(19(25)26)8-12(13)20/h5-9H,4H2,1-3H3,(H,22,24)(H,25,26). The van der Waals surface area contributed by atoms with Gasteiger partial charge in [-0.25, -0.2) is 9.78 Å². The molecule has 8 nitrogen and oxygen atoms in total. The number of aryl methyl sites for hydroxylation is 1. The molecule has 0 aliphatic heterocycles. The minimum Gasteiger partial charge on any atom is -0.496 e. The Kier molecular flexibility index (Phi) is 5.41. The first-order valence-electron chi connectivity index (χ1n) is 8.40. The van der Waals surface area contributed by atoms with E-state index in [9.17, 15) is 14.7 Å². The number of methoxy groups -OCH3 is 1. The zero-order valence-corrected chi connectivity index (χ0v) is 16.2. The Morgan fingerprint density at radius 2 is 2.07 bits per heavy atom. The van der Waals surface area contributed by atoms with Crippen LogP contribution in [0.15, 0.2) is 30.5 Å². The maximum atomic E-state index is 12.9. The van der Waals surface area contributed by atoms with E-state index in [1.54, 1.807) is 29.7 Å². The van der Waals surface area contributed by atoms with Gasteiger partial charge in [-0.1, -0.05) is 11.6 Å². The number of carboxylic acids is 1. The molecule has 0 atom stereocenters. The van der Waals surface area contributed by atoms with Crippen molar-refractivity contribution in [2.45, 2.75) is 13.8 Å². The van der Waals surface area contributed by atoms with Crippen molar-refractivity contribution < 1.29 is 24.2 Å². The zero-order chi connectivity index (χ0) is 20.4. The molecule has 146 valence electrons. The number of carbonyl (C=O) groups excluding carboxylic acids is 1. The average Bonchev–Trinajstić information content (AvgIpc) is 3.00. The van der Waals surface area contributed by atoms with Gasteiger partial charge in [-0.05, 0) is 32.0 Å². The number of aromatic carboxylic acids is 1. The highest BCUT2D eigenvalue weighted by Crippen LogP contribution is 2.32. The number of hydrogen-bond acceptors (Lipinski definition) is 5. The van der Waals surface area contributed by atoms with Crippen LogP contribution in [0.1, 0.15) is 33.5 Å². The predicted molar refractivity (Wildman–Crippen MR) is 104 cm³/mol. The molecule has 0 aliphatic rings. The van der Waals surface area contributed by atoms with Gasteiger partial charge in [0.2, 0.25) is 0 Å². The van der Waals surface area contributed by atoms with Gasteiger partial charge in [0.15, 0.2) is 11.4 Å². The van der Waals surface area contributed by atoms with Gasteiger partial charge < -0.3 is 19.9 Å². The minimum absolute atomic E-state index is 0.0769. The molecular weight excluding hydrogens is 386 g/mol. The number of benzene rings is 1. The minimum atomic E-state index is -1.18. The van der Waals surface area contributed by atoms with Gasteiger partial charge in [0.1, 0.15) is 17.0 Å². The van der Waals surface area contributed by atoms with E-state index in [1.807, 2.05) is 6.92 Å². The molecule has 0 bridgehead atoms. The van der Waals surface area contributed by atoms with Gasteiger partial charge in [-0.3, -0.25) is 9.20 Å². The van der Waals surface area contributed by atoms with Crippen molar-refractivity contribution >= 4 is 34.8 Å². The number of halogens is 1. The molecule has 2 aromatic heterocycles. The fraction of sp³-hybridized carbons (Fsp3) is 0.211. The van der Waals surface area contributed by atoms with Crippen molar-refractivity contribution in [2.75, 3.05) is 19.0 Å². The molecule has 3 rings (SSSR count). The monoisotopic (exact) mass is 403 g/mol. The number of rotatable bonds is 6. The number of anilines is 1. The van der Waals surface area contributed by atoms with Gasteiger partial charge in [0.25, 0.3) is 5.91 Å². The fourth-order valence-electron chi connectivity index (χ4n) is 2.86. The maximum Gasteiger partial charge on any atom is 0.339 e. The van der Waals surface area contributed by atoms with E-state index in [0.717, 1.165) is 0 Å². The third-order valence-corrected chi connectivity index (χ3v) is 4.38. The van der Waals surface area contributed by atoms with Crippen molar-refractivity contribution in [3.63, 3.8) is 0 Å². The Balaban J connectivity index is 2.01. The second kappa shape index (κ2) is 7.77. The molecule has 0 saturated carbocycles. The van der Waals surface area contributed by atoms with Crippen LogP contribution in [0, 0.1) is 6.92 Å². The number of ether oxygens (including phenoxy) is 2. The van der Waals surface area contributed by atoms with E-state index in [4.69, 9.17) is 21.1 Å². The lowest BCUT2D eigenvalue weighted by Gasteiger charge is -2.12. The van der Waals surface area contributed by atoms with Crippen LogP contribution in [-0.2, 0) is 0 Å². The van der Waals surface area contributed by atoms with Gasteiger partial charge >= 0.3 is 5.97 Å². The van der Waals surface area contributed by atoms with Crippen LogP contribution >= 0.6 is 11.6 Å². The third-order valence-electron chi connectivity index (χ3n) is 4.07. The number of carbonyl (C=O) groups is 2. The van der Waals surface area contributed by atoms with Gasteiger partial charge in [0, 0.05) is 12.3 Å². The van der Waals surface area contributed by atoms with Crippen molar-refractivity contribution in [3.05, 3.63) is 52.4 Å². The number of fused-ring (bicyclic) bond motifs is 1. The Morgan fingerprint density at radius 1 is 1.32 bits per heavy atom. The largest absolute Gasteiger partial charge is 0.496 e. The van der Waals surface area contributed by atoms with E-state index in [0.29, 0.717) is 29.4 Å². The molecule has 1 aromatic carbocycles. The van der Waals surface area contributed by atoms with Crippen LogP contribution in [0.2, 0.25) is 5.02 Å². The van der Waals surface area contributed by atoms with Gasteiger partial charge in [-0.15, -0.1) is 0 Å². The molecule has 0 saturated heterocycles. The predicted octanol–water partition coefficient (Wildman–Crippen LogP) is 3.65. The van der Waals surface area contributed by atoms with E-state index in [2.05, 4.69) is 10.3 Å².